The van der Waals surface area contributed by atoms with Crippen LogP contribution in [0.5, 0.6) is 0 Å². The number of rotatable bonds is 5. The van der Waals surface area contributed by atoms with Crippen LogP contribution in [0, 0.1) is 0 Å². The van der Waals surface area contributed by atoms with E-state index in [0.29, 0.717) is 12.3 Å². The number of morpholine rings is 1. The van der Waals surface area contributed by atoms with Gasteiger partial charge in [0.2, 0.25) is 4.96 Å². The fourth-order valence-corrected chi connectivity index (χ4v) is 5.29. The highest BCUT2D eigenvalue weighted by Crippen LogP contribution is 2.29. The van der Waals surface area contributed by atoms with Crippen LogP contribution in [0.4, 0.5) is 0 Å². The highest BCUT2D eigenvalue weighted by Gasteiger charge is 2.24. The standard InChI is InChI=1S/C17H22N4O2S2/c1-11-7-20(8-12(2)23-11)9-13(22)10-24-16-18-19-17-21(16)14-5-3-4-6-15(14)25-17/h3-6,11-13,22H,7-10H2,1-2H3/t11-,12-,13-/m1/s1. The Balaban J connectivity index is 1.42. The maximum atomic E-state index is 10.5. The van der Waals surface area contributed by atoms with Crippen LogP contribution >= 0.6 is 23.1 Å². The van der Waals surface area contributed by atoms with Crippen molar-refractivity contribution in [3.63, 3.8) is 0 Å². The molecule has 1 saturated heterocycles. The lowest BCUT2D eigenvalue weighted by molar-refractivity contribution is -0.0750. The Morgan fingerprint density at radius 2 is 2.04 bits per heavy atom. The summed E-state index contributed by atoms with van der Waals surface area (Å²) < 4.78 is 9.03. The average Bonchev–Trinajstić information content (AvgIpc) is 3.11. The van der Waals surface area contributed by atoms with E-state index in [1.807, 2.05) is 12.1 Å². The van der Waals surface area contributed by atoms with Crippen LogP contribution in [0.3, 0.4) is 0 Å². The molecule has 134 valence electrons. The van der Waals surface area contributed by atoms with Crippen LogP contribution in [0.25, 0.3) is 15.2 Å². The summed E-state index contributed by atoms with van der Waals surface area (Å²) >= 11 is 3.20. The molecule has 1 aromatic carbocycles. The fourth-order valence-electron chi connectivity index (χ4n) is 3.40. The minimum atomic E-state index is -0.403. The van der Waals surface area contributed by atoms with Crippen LogP contribution < -0.4 is 0 Å². The second-order valence-corrected chi connectivity index (χ2v) is 8.61. The van der Waals surface area contributed by atoms with Gasteiger partial charge in [-0.25, -0.2) is 0 Å². The van der Waals surface area contributed by atoms with E-state index in [0.717, 1.165) is 28.7 Å². The number of β-amino-alcohol motifs (C(OH)–C–C–N with tert-alkyl or cyclic N) is 1. The minimum Gasteiger partial charge on any atom is -0.391 e. The molecule has 3 heterocycles. The van der Waals surface area contributed by atoms with Crippen LogP contribution in [-0.4, -0.2) is 68.3 Å². The van der Waals surface area contributed by atoms with Gasteiger partial charge < -0.3 is 9.84 Å². The average molecular weight is 379 g/mol. The van der Waals surface area contributed by atoms with E-state index >= 15 is 0 Å². The van der Waals surface area contributed by atoms with Gasteiger partial charge in [-0.2, -0.15) is 0 Å². The summed E-state index contributed by atoms with van der Waals surface area (Å²) in [7, 11) is 0. The zero-order valence-electron chi connectivity index (χ0n) is 14.3. The smallest absolute Gasteiger partial charge is 0.217 e. The van der Waals surface area contributed by atoms with Crippen molar-refractivity contribution in [2.45, 2.75) is 37.3 Å². The molecule has 6 nitrogen and oxygen atoms in total. The third-order valence-corrected chi connectivity index (χ3v) is 6.37. The van der Waals surface area contributed by atoms with Gasteiger partial charge in [0.25, 0.3) is 0 Å². The van der Waals surface area contributed by atoms with Crippen molar-refractivity contribution in [2.24, 2.45) is 0 Å². The second-order valence-electron chi connectivity index (χ2n) is 6.61. The first-order valence-corrected chi connectivity index (χ1v) is 10.3. The first-order valence-electron chi connectivity index (χ1n) is 8.51. The predicted molar refractivity (Wildman–Crippen MR) is 102 cm³/mol. The van der Waals surface area contributed by atoms with Gasteiger partial charge in [0, 0.05) is 25.4 Å². The predicted octanol–water partition coefficient (Wildman–Crippen LogP) is 2.51. The second kappa shape index (κ2) is 7.20. The lowest BCUT2D eigenvalue weighted by atomic mass is 10.2. The zero-order valence-corrected chi connectivity index (χ0v) is 16.0. The largest absolute Gasteiger partial charge is 0.391 e. The number of nitrogens with zero attached hydrogens (tertiary/aromatic N) is 4. The van der Waals surface area contributed by atoms with E-state index in [9.17, 15) is 5.11 Å². The molecule has 0 spiro atoms. The van der Waals surface area contributed by atoms with Crippen LogP contribution in [0.2, 0.25) is 0 Å². The Bertz CT molecular complexity index is 855. The molecule has 1 aliphatic rings. The molecular weight excluding hydrogens is 356 g/mol. The molecule has 0 saturated carbocycles. The van der Waals surface area contributed by atoms with Gasteiger partial charge in [-0.15, -0.1) is 10.2 Å². The lowest BCUT2D eigenvalue weighted by Crippen LogP contribution is -2.48. The van der Waals surface area contributed by atoms with E-state index in [4.69, 9.17) is 4.74 Å². The number of aromatic nitrogens is 3. The van der Waals surface area contributed by atoms with Crippen molar-refractivity contribution in [3.8, 4) is 0 Å². The highest BCUT2D eigenvalue weighted by molar-refractivity contribution is 7.99. The molecule has 1 N–H and O–H groups in total. The summed E-state index contributed by atoms with van der Waals surface area (Å²) in [6.45, 7) is 6.57. The molecular formula is C17H22N4O2S2. The van der Waals surface area contributed by atoms with Crippen LogP contribution in [0.15, 0.2) is 29.4 Å². The van der Waals surface area contributed by atoms with Gasteiger partial charge in [-0.3, -0.25) is 9.30 Å². The molecule has 0 aliphatic carbocycles. The van der Waals surface area contributed by atoms with Gasteiger partial charge in [0.15, 0.2) is 5.16 Å². The van der Waals surface area contributed by atoms with Crippen molar-refractivity contribution in [2.75, 3.05) is 25.4 Å². The normalized spacial score (nSPS) is 23.5. The fraction of sp³-hybridized carbons (Fsp3) is 0.529. The summed E-state index contributed by atoms with van der Waals surface area (Å²) in [6, 6.07) is 8.24. The number of hydrogen-bond donors (Lipinski definition) is 1. The van der Waals surface area contributed by atoms with Gasteiger partial charge in [-0.05, 0) is 26.0 Å². The summed E-state index contributed by atoms with van der Waals surface area (Å²) in [6.07, 6.45) is 0.0357. The van der Waals surface area contributed by atoms with E-state index in [2.05, 4.69) is 45.5 Å². The Morgan fingerprint density at radius 1 is 1.28 bits per heavy atom. The van der Waals surface area contributed by atoms with E-state index < -0.39 is 6.10 Å². The Labute approximate surface area is 154 Å². The number of aliphatic hydroxyl groups is 1. The van der Waals surface area contributed by atoms with Crippen LogP contribution in [0.1, 0.15) is 13.8 Å². The zero-order chi connectivity index (χ0) is 17.4. The van der Waals surface area contributed by atoms with Crippen molar-refractivity contribution in [1.29, 1.82) is 0 Å². The SMILES string of the molecule is C[C@@H]1CN(C[C@@H](O)CSc2nnc3sc4ccccc4n23)C[C@@H](C)O1. The van der Waals surface area contributed by atoms with Gasteiger partial charge in [-0.1, -0.05) is 35.2 Å². The van der Waals surface area contributed by atoms with E-state index in [1.54, 1.807) is 23.1 Å². The topological polar surface area (TPSA) is 62.9 Å². The molecule has 0 bridgehead atoms. The molecule has 1 fully saturated rings. The molecule has 0 radical (unpaired) electrons. The molecule has 3 aromatic rings. The van der Waals surface area contributed by atoms with Crippen molar-refractivity contribution in [3.05, 3.63) is 24.3 Å². The number of para-hydroxylation sites is 1. The Kier molecular flexibility index (Phi) is 4.97. The Hall–Kier alpha value is -1.19. The van der Waals surface area contributed by atoms with Crippen molar-refractivity contribution in [1.82, 2.24) is 19.5 Å². The highest BCUT2D eigenvalue weighted by atomic mass is 32.2. The van der Waals surface area contributed by atoms with Gasteiger partial charge >= 0.3 is 0 Å². The third-order valence-electron chi connectivity index (χ3n) is 4.28. The first-order chi connectivity index (χ1) is 12.1. The van der Waals surface area contributed by atoms with E-state index in [1.165, 1.54) is 4.70 Å². The molecule has 0 unspecified atom stereocenters. The summed E-state index contributed by atoms with van der Waals surface area (Å²) in [5.74, 6) is 0.602. The quantitative estimate of drug-likeness (QED) is 0.689. The van der Waals surface area contributed by atoms with Crippen molar-refractivity contribution < 1.29 is 9.84 Å². The van der Waals surface area contributed by atoms with Crippen molar-refractivity contribution >= 4 is 38.3 Å². The molecule has 1 aliphatic heterocycles. The number of hydrogen-bond acceptors (Lipinski definition) is 7. The molecule has 8 heteroatoms. The number of thioether (sulfide) groups is 1. The molecule has 4 rings (SSSR count). The first kappa shape index (κ1) is 17.2. The van der Waals surface area contributed by atoms with Crippen LogP contribution in [-0.2, 0) is 4.74 Å². The lowest BCUT2D eigenvalue weighted by Gasteiger charge is -2.36. The number of fused-ring (bicyclic) bond motifs is 3. The summed E-state index contributed by atoms with van der Waals surface area (Å²) in [5, 5.41) is 19.9. The third kappa shape index (κ3) is 3.68. The Morgan fingerprint density at radius 3 is 2.84 bits per heavy atom. The summed E-state index contributed by atoms with van der Waals surface area (Å²) in [5.41, 5.74) is 1.13. The number of ether oxygens (including phenoxy) is 1. The molecule has 0 amide bonds. The van der Waals surface area contributed by atoms with Gasteiger partial charge in [0.1, 0.15) is 0 Å². The monoisotopic (exact) mass is 378 g/mol. The molecule has 25 heavy (non-hydrogen) atoms. The molecule has 3 atom stereocenters. The number of thiazole rings is 1. The maximum absolute atomic E-state index is 10.5. The number of aliphatic hydroxyl groups excluding tert-OH is 1. The maximum Gasteiger partial charge on any atom is 0.217 e. The van der Waals surface area contributed by atoms with Gasteiger partial charge in [0.05, 0.1) is 28.5 Å². The minimum absolute atomic E-state index is 0.219. The molecule has 2 aromatic heterocycles. The van der Waals surface area contributed by atoms with E-state index in [-0.39, 0.29) is 12.2 Å². The number of benzene rings is 1. The summed E-state index contributed by atoms with van der Waals surface area (Å²) in [4.78, 5) is 3.18.